The lowest BCUT2D eigenvalue weighted by Gasteiger charge is -2.12. The third-order valence-corrected chi connectivity index (χ3v) is 6.26. The van der Waals surface area contributed by atoms with Crippen LogP contribution in [0.5, 0.6) is 0 Å². The lowest BCUT2D eigenvalue weighted by atomic mass is 10.2. The van der Waals surface area contributed by atoms with Gasteiger partial charge in [0.2, 0.25) is 15.9 Å². The number of nitrogens with zero attached hydrogens (tertiary/aromatic N) is 3. The highest BCUT2D eigenvalue weighted by Gasteiger charge is 2.14. The molecule has 8 nitrogen and oxygen atoms in total. The van der Waals surface area contributed by atoms with Crippen molar-refractivity contribution in [1.82, 2.24) is 24.8 Å². The molecular formula is C19H29N5O3S2. The summed E-state index contributed by atoms with van der Waals surface area (Å²) in [5, 5.41) is 12.2. The number of benzene rings is 1. The van der Waals surface area contributed by atoms with Crippen molar-refractivity contribution in [2.24, 2.45) is 5.92 Å². The largest absolute Gasteiger partial charge is 0.356 e. The Hall–Kier alpha value is -1.91. The number of nitrogens with one attached hydrogen (secondary N) is 2. The van der Waals surface area contributed by atoms with Gasteiger partial charge in [-0.1, -0.05) is 43.8 Å². The Morgan fingerprint density at radius 3 is 2.55 bits per heavy atom. The van der Waals surface area contributed by atoms with Crippen LogP contribution < -0.4 is 10.0 Å². The summed E-state index contributed by atoms with van der Waals surface area (Å²) in [5.41, 5.74) is 0. The highest BCUT2D eigenvalue weighted by molar-refractivity contribution is 7.98. The van der Waals surface area contributed by atoms with Crippen LogP contribution in [0.1, 0.15) is 32.5 Å². The Morgan fingerprint density at radius 1 is 1.17 bits per heavy atom. The van der Waals surface area contributed by atoms with Crippen LogP contribution in [0.25, 0.3) is 0 Å². The quantitative estimate of drug-likeness (QED) is 0.387. The third kappa shape index (κ3) is 7.45. The standard InChI is InChI=1S/C19H29N5O3S2/c1-15(2)14-24-17(22-23-19(24)28-3)10-7-12-20-18(25)11-13-21-29(26,27)16-8-5-4-6-9-16/h4-6,8-9,15,21H,7,10-14H2,1-3H3,(H,20,25). The van der Waals surface area contributed by atoms with Gasteiger partial charge in [0, 0.05) is 32.5 Å². The summed E-state index contributed by atoms with van der Waals surface area (Å²) in [6.07, 6.45) is 3.54. The van der Waals surface area contributed by atoms with Gasteiger partial charge in [-0.3, -0.25) is 4.79 Å². The van der Waals surface area contributed by atoms with E-state index in [9.17, 15) is 13.2 Å². The van der Waals surface area contributed by atoms with Gasteiger partial charge in [-0.05, 0) is 30.7 Å². The molecule has 0 radical (unpaired) electrons. The van der Waals surface area contributed by atoms with E-state index in [-0.39, 0.29) is 23.8 Å². The number of rotatable bonds is 12. The molecular weight excluding hydrogens is 410 g/mol. The number of aromatic nitrogens is 3. The van der Waals surface area contributed by atoms with Crippen molar-refractivity contribution in [3.05, 3.63) is 36.2 Å². The highest BCUT2D eigenvalue weighted by atomic mass is 32.2. The molecule has 0 saturated carbocycles. The molecule has 1 heterocycles. The number of aryl methyl sites for hydroxylation is 1. The molecule has 0 saturated heterocycles. The van der Waals surface area contributed by atoms with E-state index in [1.165, 1.54) is 12.1 Å². The van der Waals surface area contributed by atoms with Crippen molar-refractivity contribution in [2.45, 2.75) is 49.7 Å². The maximum absolute atomic E-state index is 12.1. The monoisotopic (exact) mass is 439 g/mol. The molecule has 0 atom stereocenters. The summed E-state index contributed by atoms with van der Waals surface area (Å²) in [7, 11) is -3.58. The molecule has 0 bridgehead atoms. The van der Waals surface area contributed by atoms with Crippen LogP contribution in [0.15, 0.2) is 40.4 Å². The summed E-state index contributed by atoms with van der Waals surface area (Å²) in [5.74, 6) is 1.23. The average Bonchev–Trinajstić information content (AvgIpc) is 3.06. The minimum Gasteiger partial charge on any atom is -0.356 e. The highest BCUT2D eigenvalue weighted by Crippen LogP contribution is 2.16. The van der Waals surface area contributed by atoms with Gasteiger partial charge in [0.05, 0.1) is 4.90 Å². The zero-order chi connectivity index (χ0) is 21.3. The molecule has 1 aromatic carbocycles. The second kappa shape index (κ2) is 11.3. The number of sulfonamides is 1. The summed E-state index contributed by atoms with van der Waals surface area (Å²) in [4.78, 5) is 12.1. The van der Waals surface area contributed by atoms with E-state index >= 15 is 0 Å². The molecule has 160 valence electrons. The number of hydrogen-bond donors (Lipinski definition) is 2. The molecule has 0 aliphatic heterocycles. The van der Waals surface area contributed by atoms with Gasteiger partial charge in [-0.25, -0.2) is 13.1 Å². The third-order valence-electron chi connectivity index (χ3n) is 4.12. The van der Waals surface area contributed by atoms with Crippen LogP contribution in [0.3, 0.4) is 0 Å². The smallest absolute Gasteiger partial charge is 0.240 e. The first-order chi connectivity index (χ1) is 13.8. The van der Waals surface area contributed by atoms with Gasteiger partial charge in [0.25, 0.3) is 0 Å². The van der Waals surface area contributed by atoms with Gasteiger partial charge in [-0.15, -0.1) is 10.2 Å². The fraction of sp³-hybridized carbons (Fsp3) is 0.526. The maximum Gasteiger partial charge on any atom is 0.240 e. The van der Waals surface area contributed by atoms with E-state index in [2.05, 4.69) is 38.7 Å². The van der Waals surface area contributed by atoms with Crippen LogP contribution in [-0.2, 0) is 27.8 Å². The second-order valence-electron chi connectivity index (χ2n) is 7.02. The van der Waals surface area contributed by atoms with Crippen LogP contribution in [-0.4, -0.2) is 48.4 Å². The summed E-state index contributed by atoms with van der Waals surface area (Å²) in [6.45, 7) is 5.74. The Balaban J connectivity index is 1.71. The number of carbonyl (C=O) groups is 1. The number of thioether (sulfide) groups is 1. The molecule has 1 aromatic heterocycles. The SMILES string of the molecule is CSc1nnc(CCCNC(=O)CCNS(=O)(=O)c2ccccc2)n1CC(C)C. The molecule has 0 unspecified atom stereocenters. The molecule has 29 heavy (non-hydrogen) atoms. The Morgan fingerprint density at radius 2 is 1.90 bits per heavy atom. The van der Waals surface area contributed by atoms with Crippen molar-refractivity contribution in [3.8, 4) is 0 Å². The van der Waals surface area contributed by atoms with Crippen molar-refractivity contribution < 1.29 is 13.2 Å². The topological polar surface area (TPSA) is 106 Å². The molecule has 2 N–H and O–H groups in total. The number of amides is 1. The average molecular weight is 440 g/mol. The number of carbonyl (C=O) groups excluding carboxylic acids is 1. The van der Waals surface area contributed by atoms with Crippen LogP contribution >= 0.6 is 11.8 Å². The molecule has 2 aromatic rings. The first kappa shape index (κ1) is 23.4. The molecule has 2 rings (SSSR count). The van der Waals surface area contributed by atoms with Gasteiger partial charge in [0.15, 0.2) is 5.16 Å². The fourth-order valence-corrected chi connectivity index (χ4v) is 4.32. The minimum absolute atomic E-state index is 0.0584. The molecule has 0 aliphatic carbocycles. The molecule has 0 aliphatic rings. The van der Waals surface area contributed by atoms with Crippen molar-refractivity contribution in [1.29, 1.82) is 0 Å². The van der Waals surface area contributed by atoms with Gasteiger partial charge < -0.3 is 9.88 Å². The van der Waals surface area contributed by atoms with E-state index in [1.807, 2.05) is 6.26 Å². The van der Waals surface area contributed by atoms with E-state index in [4.69, 9.17) is 0 Å². The molecule has 1 amide bonds. The van der Waals surface area contributed by atoms with Crippen LogP contribution in [0.2, 0.25) is 0 Å². The van der Waals surface area contributed by atoms with Crippen molar-refractivity contribution in [3.63, 3.8) is 0 Å². The predicted octanol–water partition coefficient (Wildman–Crippen LogP) is 2.07. The Kier molecular flexibility index (Phi) is 9.12. The van der Waals surface area contributed by atoms with Gasteiger partial charge in [0.1, 0.15) is 5.82 Å². The summed E-state index contributed by atoms with van der Waals surface area (Å²) >= 11 is 1.58. The van der Waals surface area contributed by atoms with E-state index < -0.39 is 10.0 Å². The Labute approximate surface area is 176 Å². The maximum atomic E-state index is 12.1. The van der Waals surface area contributed by atoms with Crippen LogP contribution in [0.4, 0.5) is 0 Å². The minimum atomic E-state index is -3.58. The van der Waals surface area contributed by atoms with Crippen molar-refractivity contribution in [2.75, 3.05) is 19.3 Å². The first-order valence-corrected chi connectivity index (χ1v) is 12.3. The van der Waals surface area contributed by atoms with Crippen LogP contribution in [0, 0.1) is 5.92 Å². The molecule has 0 spiro atoms. The van der Waals surface area contributed by atoms with Gasteiger partial charge in [-0.2, -0.15) is 0 Å². The molecule has 10 heteroatoms. The molecule has 0 fully saturated rings. The lowest BCUT2D eigenvalue weighted by molar-refractivity contribution is -0.120. The van der Waals surface area contributed by atoms with Crippen molar-refractivity contribution >= 4 is 27.7 Å². The normalized spacial score (nSPS) is 11.7. The zero-order valence-electron chi connectivity index (χ0n) is 17.1. The summed E-state index contributed by atoms with van der Waals surface area (Å²) < 4.78 is 28.8. The van der Waals surface area contributed by atoms with E-state index in [1.54, 1.807) is 30.0 Å². The second-order valence-corrected chi connectivity index (χ2v) is 9.56. The van der Waals surface area contributed by atoms with E-state index in [0.29, 0.717) is 12.5 Å². The first-order valence-electron chi connectivity index (χ1n) is 9.61. The Bertz CT molecular complexity index is 883. The zero-order valence-corrected chi connectivity index (χ0v) is 18.7. The fourth-order valence-electron chi connectivity index (χ4n) is 2.75. The lowest BCUT2D eigenvalue weighted by Crippen LogP contribution is -2.31. The van der Waals surface area contributed by atoms with Gasteiger partial charge >= 0.3 is 0 Å². The van der Waals surface area contributed by atoms with E-state index in [0.717, 1.165) is 30.4 Å². The number of hydrogen-bond acceptors (Lipinski definition) is 6. The summed E-state index contributed by atoms with van der Waals surface area (Å²) in [6, 6.07) is 8.10. The predicted molar refractivity (Wildman–Crippen MR) is 114 cm³/mol.